The van der Waals surface area contributed by atoms with E-state index in [1.54, 1.807) is 33.3 Å². The molecule has 124 valence electrons. The topological polar surface area (TPSA) is 56.7 Å². The molecule has 1 aromatic carbocycles. The highest BCUT2D eigenvalue weighted by Gasteiger charge is 2.12. The molecule has 1 amide bonds. The molecule has 1 aromatic rings. The highest BCUT2D eigenvalue weighted by molar-refractivity contribution is 14.0. The van der Waals surface area contributed by atoms with Crippen LogP contribution in [0.3, 0.4) is 0 Å². The van der Waals surface area contributed by atoms with Crippen LogP contribution in [0.25, 0.3) is 0 Å². The maximum Gasteiger partial charge on any atom is 0.241 e. The van der Waals surface area contributed by atoms with Crippen molar-refractivity contribution in [1.82, 2.24) is 15.5 Å². The van der Waals surface area contributed by atoms with Crippen LogP contribution in [0.5, 0.6) is 0 Å². The third-order valence-electron chi connectivity index (χ3n) is 2.91. The standard InChI is InChI=1S/C14H20Cl2N4O.HI/c1-9(11-6-5-10(15)7-12(11)16)19-14(17-2)18-8-13(21)20(3)4;/h5-7,9H,8H2,1-4H3,(H2,17,18,19);1H. The van der Waals surface area contributed by atoms with Crippen molar-refractivity contribution in [2.24, 2.45) is 4.99 Å². The van der Waals surface area contributed by atoms with Crippen molar-refractivity contribution in [3.05, 3.63) is 33.8 Å². The van der Waals surface area contributed by atoms with E-state index in [-0.39, 0.29) is 42.5 Å². The number of rotatable bonds is 4. The van der Waals surface area contributed by atoms with Gasteiger partial charge in [-0.05, 0) is 24.6 Å². The Balaban J connectivity index is 0.00000441. The molecule has 8 heteroatoms. The normalized spacial score (nSPS) is 12.2. The molecule has 22 heavy (non-hydrogen) atoms. The van der Waals surface area contributed by atoms with Gasteiger partial charge in [0, 0.05) is 31.2 Å². The second kappa shape index (κ2) is 10.1. The van der Waals surface area contributed by atoms with Gasteiger partial charge < -0.3 is 15.5 Å². The van der Waals surface area contributed by atoms with Crippen molar-refractivity contribution in [1.29, 1.82) is 0 Å². The van der Waals surface area contributed by atoms with E-state index in [1.165, 1.54) is 4.90 Å². The summed E-state index contributed by atoms with van der Waals surface area (Å²) in [6.45, 7) is 2.13. The molecule has 0 saturated carbocycles. The van der Waals surface area contributed by atoms with Gasteiger partial charge in [0.1, 0.15) is 0 Å². The third kappa shape index (κ3) is 6.58. The molecule has 1 atom stereocenters. The average molecular weight is 459 g/mol. The number of nitrogens with one attached hydrogen (secondary N) is 2. The Morgan fingerprint density at radius 1 is 1.36 bits per heavy atom. The number of halogens is 3. The van der Waals surface area contributed by atoms with Crippen molar-refractivity contribution in [3.8, 4) is 0 Å². The minimum absolute atomic E-state index is 0. The maximum atomic E-state index is 11.6. The summed E-state index contributed by atoms with van der Waals surface area (Å²) in [4.78, 5) is 17.2. The van der Waals surface area contributed by atoms with E-state index in [1.807, 2.05) is 13.0 Å². The molecule has 0 radical (unpaired) electrons. The van der Waals surface area contributed by atoms with Gasteiger partial charge in [-0.15, -0.1) is 24.0 Å². The lowest BCUT2D eigenvalue weighted by atomic mass is 10.1. The van der Waals surface area contributed by atoms with E-state index in [0.717, 1.165) is 5.56 Å². The summed E-state index contributed by atoms with van der Waals surface area (Å²) in [5.41, 5.74) is 0.906. The summed E-state index contributed by atoms with van der Waals surface area (Å²) < 4.78 is 0. The molecule has 0 heterocycles. The summed E-state index contributed by atoms with van der Waals surface area (Å²) >= 11 is 12.1. The molecule has 1 rings (SSSR count). The van der Waals surface area contributed by atoms with Crippen LogP contribution in [0.1, 0.15) is 18.5 Å². The van der Waals surface area contributed by atoms with Gasteiger partial charge in [0.25, 0.3) is 0 Å². The molecule has 2 N–H and O–H groups in total. The smallest absolute Gasteiger partial charge is 0.241 e. The predicted octanol–water partition coefficient (Wildman–Crippen LogP) is 2.93. The molecule has 0 bridgehead atoms. The van der Waals surface area contributed by atoms with Crippen molar-refractivity contribution >= 4 is 59.0 Å². The highest BCUT2D eigenvalue weighted by atomic mass is 127. The number of nitrogens with zero attached hydrogens (tertiary/aromatic N) is 2. The van der Waals surface area contributed by atoms with Crippen LogP contribution >= 0.6 is 47.2 Å². The fraction of sp³-hybridized carbons (Fsp3) is 0.429. The lowest BCUT2D eigenvalue weighted by Crippen LogP contribution is -2.43. The van der Waals surface area contributed by atoms with Crippen molar-refractivity contribution < 1.29 is 4.79 Å². The molecule has 0 aliphatic rings. The summed E-state index contributed by atoms with van der Waals surface area (Å²) in [6.07, 6.45) is 0. The first-order valence-corrected chi connectivity index (χ1v) is 7.23. The zero-order valence-electron chi connectivity index (χ0n) is 13.0. The SMILES string of the molecule is CN=C(NCC(=O)N(C)C)NC(C)c1ccc(Cl)cc1Cl.I. The van der Waals surface area contributed by atoms with Crippen LogP contribution in [0.15, 0.2) is 23.2 Å². The van der Waals surface area contributed by atoms with Crippen LogP contribution in [0.2, 0.25) is 10.0 Å². The van der Waals surface area contributed by atoms with E-state index >= 15 is 0 Å². The van der Waals surface area contributed by atoms with E-state index < -0.39 is 0 Å². The van der Waals surface area contributed by atoms with Crippen LogP contribution in [0, 0.1) is 0 Å². The van der Waals surface area contributed by atoms with Gasteiger partial charge in [0.05, 0.1) is 12.6 Å². The lowest BCUT2D eigenvalue weighted by molar-refractivity contribution is -0.127. The van der Waals surface area contributed by atoms with Crippen molar-refractivity contribution in [2.45, 2.75) is 13.0 Å². The largest absolute Gasteiger partial charge is 0.350 e. The molecule has 0 fully saturated rings. The molecule has 0 aromatic heterocycles. The van der Waals surface area contributed by atoms with Crippen LogP contribution in [0.4, 0.5) is 0 Å². The first-order chi connectivity index (χ1) is 9.85. The van der Waals surface area contributed by atoms with E-state index in [0.29, 0.717) is 16.0 Å². The number of benzene rings is 1. The summed E-state index contributed by atoms with van der Waals surface area (Å²) in [6, 6.07) is 5.27. The second-order valence-corrected chi connectivity index (χ2v) is 5.59. The number of likely N-dealkylation sites (N-methyl/N-ethyl adjacent to an activating group) is 1. The third-order valence-corrected chi connectivity index (χ3v) is 3.47. The van der Waals surface area contributed by atoms with Crippen molar-refractivity contribution in [3.63, 3.8) is 0 Å². The first-order valence-electron chi connectivity index (χ1n) is 6.47. The van der Waals surface area contributed by atoms with Gasteiger partial charge in [-0.25, -0.2) is 0 Å². The number of carbonyl (C=O) groups is 1. The molecule has 1 unspecified atom stereocenters. The monoisotopic (exact) mass is 458 g/mol. The molecular formula is C14H21Cl2IN4O. The van der Waals surface area contributed by atoms with Crippen LogP contribution in [-0.2, 0) is 4.79 Å². The van der Waals surface area contributed by atoms with Gasteiger partial charge in [-0.2, -0.15) is 0 Å². The van der Waals surface area contributed by atoms with Gasteiger partial charge in [0.15, 0.2) is 5.96 Å². The number of carbonyl (C=O) groups excluding carboxylic acids is 1. The van der Waals surface area contributed by atoms with Gasteiger partial charge >= 0.3 is 0 Å². The molecule has 0 aliphatic heterocycles. The summed E-state index contributed by atoms with van der Waals surface area (Å²) in [5, 5.41) is 7.32. The number of hydrogen-bond acceptors (Lipinski definition) is 2. The van der Waals surface area contributed by atoms with Gasteiger partial charge in [0.2, 0.25) is 5.91 Å². The minimum Gasteiger partial charge on any atom is -0.350 e. The average Bonchev–Trinajstić information content (AvgIpc) is 2.42. The first kappa shape index (κ1) is 21.3. The Morgan fingerprint density at radius 2 is 2.00 bits per heavy atom. The van der Waals surface area contributed by atoms with E-state index in [4.69, 9.17) is 23.2 Å². The van der Waals surface area contributed by atoms with Gasteiger partial charge in [-0.3, -0.25) is 9.79 Å². The summed E-state index contributed by atoms with van der Waals surface area (Å²) in [5.74, 6) is 0.499. The van der Waals surface area contributed by atoms with Crippen LogP contribution < -0.4 is 10.6 Å². The zero-order chi connectivity index (χ0) is 16.0. The molecular weight excluding hydrogens is 438 g/mol. The fourth-order valence-corrected chi connectivity index (χ4v) is 2.22. The molecule has 0 saturated heterocycles. The summed E-state index contributed by atoms with van der Waals surface area (Å²) in [7, 11) is 5.05. The zero-order valence-corrected chi connectivity index (χ0v) is 16.8. The maximum absolute atomic E-state index is 11.6. The Bertz CT molecular complexity index is 538. The van der Waals surface area contributed by atoms with Crippen molar-refractivity contribution in [2.75, 3.05) is 27.7 Å². The fourth-order valence-electron chi connectivity index (χ4n) is 1.65. The Labute approximate surface area is 158 Å². The molecule has 0 aliphatic carbocycles. The Hall–Kier alpha value is -0.730. The Morgan fingerprint density at radius 3 is 2.50 bits per heavy atom. The second-order valence-electron chi connectivity index (χ2n) is 4.75. The number of aliphatic imine (C=N–C) groups is 1. The van der Waals surface area contributed by atoms with E-state index in [9.17, 15) is 4.79 Å². The van der Waals surface area contributed by atoms with Crippen LogP contribution in [-0.4, -0.2) is 44.5 Å². The highest BCUT2D eigenvalue weighted by Crippen LogP contribution is 2.25. The lowest BCUT2D eigenvalue weighted by Gasteiger charge is -2.20. The Kier molecular flexibility index (Phi) is 9.79. The number of hydrogen-bond donors (Lipinski definition) is 2. The molecule has 5 nitrogen and oxygen atoms in total. The predicted molar refractivity (Wildman–Crippen MR) is 103 cm³/mol. The quantitative estimate of drug-likeness (QED) is 0.414. The van der Waals surface area contributed by atoms with E-state index in [2.05, 4.69) is 15.6 Å². The van der Waals surface area contributed by atoms with Gasteiger partial charge in [-0.1, -0.05) is 29.3 Å². The number of guanidine groups is 1. The number of amides is 1. The minimum atomic E-state index is -0.0737. The molecule has 0 spiro atoms.